The zero-order chi connectivity index (χ0) is 13.1. The Bertz CT molecular complexity index is 422. The average Bonchev–Trinajstić information content (AvgIpc) is 3.23. The zero-order valence-corrected chi connectivity index (χ0v) is 11.1. The van der Waals surface area contributed by atoms with Crippen molar-refractivity contribution in [2.75, 3.05) is 26.2 Å². The summed E-state index contributed by atoms with van der Waals surface area (Å²) in [5.74, 6) is -0.173. The molecule has 1 saturated heterocycles. The van der Waals surface area contributed by atoms with Crippen LogP contribution in [0.3, 0.4) is 0 Å². The van der Waals surface area contributed by atoms with Gasteiger partial charge in [0.1, 0.15) is 5.82 Å². The van der Waals surface area contributed by atoms with Crippen molar-refractivity contribution in [2.45, 2.75) is 31.5 Å². The van der Waals surface area contributed by atoms with Crippen LogP contribution in [0.25, 0.3) is 0 Å². The van der Waals surface area contributed by atoms with Gasteiger partial charge in [-0.15, -0.1) is 0 Å². The molecular formula is C15H21FN2O. The van der Waals surface area contributed by atoms with E-state index in [0.717, 1.165) is 37.8 Å². The highest BCUT2D eigenvalue weighted by molar-refractivity contribution is 5.15. The molecule has 3 nitrogen and oxygen atoms in total. The molecule has 1 N–H and O–H groups in total. The van der Waals surface area contributed by atoms with Gasteiger partial charge in [-0.25, -0.2) is 4.39 Å². The van der Waals surface area contributed by atoms with Crippen LogP contribution >= 0.6 is 0 Å². The van der Waals surface area contributed by atoms with Gasteiger partial charge in [-0.1, -0.05) is 12.1 Å². The zero-order valence-electron chi connectivity index (χ0n) is 11.1. The molecule has 0 unspecified atom stereocenters. The Morgan fingerprint density at radius 2 is 2.26 bits per heavy atom. The summed E-state index contributed by atoms with van der Waals surface area (Å²) in [7, 11) is 0. The summed E-state index contributed by atoms with van der Waals surface area (Å²) in [5.41, 5.74) is 0.981. The number of rotatable bonds is 5. The van der Waals surface area contributed by atoms with Gasteiger partial charge in [-0.2, -0.15) is 0 Å². The topological polar surface area (TPSA) is 24.5 Å². The Morgan fingerprint density at radius 1 is 1.37 bits per heavy atom. The van der Waals surface area contributed by atoms with E-state index >= 15 is 0 Å². The fraction of sp³-hybridized carbons (Fsp3) is 0.600. The molecule has 19 heavy (non-hydrogen) atoms. The van der Waals surface area contributed by atoms with E-state index < -0.39 is 0 Å². The lowest BCUT2D eigenvalue weighted by Crippen LogP contribution is -2.47. The van der Waals surface area contributed by atoms with Crippen LogP contribution in [-0.4, -0.2) is 43.3 Å². The number of hydrogen-bond acceptors (Lipinski definition) is 3. The van der Waals surface area contributed by atoms with Gasteiger partial charge in [0, 0.05) is 32.2 Å². The van der Waals surface area contributed by atoms with E-state index in [4.69, 9.17) is 4.74 Å². The molecule has 0 radical (unpaired) electrons. The number of ether oxygens (including phenoxy) is 1. The van der Waals surface area contributed by atoms with Crippen LogP contribution in [0, 0.1) is 5.82 Å². The van der Waals surface area contributed by atoms with Gasteiger partial charge in [0.05, 0.1) is 12.7 Å². The Kier molecular flexibility index (Phi) is 4.11. The lowest BCUT2D eigenvalue weighted by Gasteiger charge is -2.33. The van der Waals surface area contributed by atoms with Crippen molar-refractivity contribution in [3.05, 3.63) is 35.6 Å². The normalized spacial score (nSPS) is 24.6. The lowest BCUT2D eigenvalue weighted by atomic mass is 10.2. The molecule has 4 heteroatoms. The van der Waals surface area contributed by atoms with E-state index in [9.17, 15) is 4.39 Å². The molecule has 3 rings (SSSR count). The first-order chi connectivity index (χ1) is 9.31. The molecular weight excluding hydrogens is 243 g/mol. The number of hydrogen-bond donors (Lipinski definition) is 1. The fourth-order valence-electron chi connectivity index (χ4n) is 2.66. The highest BCUT2D eigenvalue weighted by Gasteiger charge is 2.32. The van der Waals surface area contributed by atoms with Crippen LogP contribution < -0.4 is 5.32 Å². The summed E-state index contributed by atoms with van der Waals surface area (Å²) in [5, 5.41) is 3.36. The summed E-state index contributed by atoms with van der Waals surface area (Å²) >= 11 is 0. The number of morpholine rings is 1. The molecule has 2 fully saturated rings. The minimum Gasteiger partial charge on any atom is -0.374 e. The minimum absolute atomic E-state index is 0.173. The molecule has 1 aromatic rings. The van der Waals surface area contributed by atoms with Crippen molar-refractivity contribution in [3.8, 4) is 0 Å². The van der Waals surface area contributed by atoms with Gasteiger partial charge < -0.3 is 10.1 Å². The molecule has 104 valence electrons. The second-order valence-electron chi connectivity index (χ2n) is 5.48. The van der Waals surface area contributed by atoms with Crippen LogP contribution in [0.1, 0.15) is 18.4 Å². The first-order valence-corrected chi connectivity index (χ1v) is 7.12. The molecule has 1 aliphatic carbocycles. The smallest absolute Gasteiger partial charge is 0.123 e. The van der Waals surface area contributed by atoms with Gasteiger partial charge in [-0.3, -0.25) is 4.90 Å². The third-order valence-corrected chi connectivity index (χ3v) is 3.82. The van der Waals surface area contributed by atoms with Crippen LogP contribution in [0.15, 0.2) is 24.3 Å². The summed E-state index contributed by atoms with van der Waals surface area (Å²) in [6, 6.07) is 7.55. The van der Waals surface area contributed by atoms with E-state index in [-0.39, 0.29) is 11.9 Å². The van der Waals surface area contributed by atoms with Crippen molar-refractivity contribution >= 4 is 0 Å². The van der Waals surface area contributed by atoms with Crippen molar-refractivity contribution in [1.82, 2.24) is 10.2 Å². The molecule has 0 bridgehead atoms. The average molecular weight is 264 g/mol. The van der Waals surface area contributed by atoms with E-state index in [1.165, 1.54) is 18.9 Å². The Balaban J connectivity index is 1.41. The maximum Gasteiger partial charge on any atom is 0.123 e. The highest BCUT2D eigenvalue weighted by Crippen LogP contribution is 2.28. The van der Waals surface area contributed by atoms with Gasteiger partial charge >= 0.3 is 0 Å². The third-order valence-electron chi connectivity index (χ3n) is 3.82. The van der Waals surface area contributed by atoms with E-state index in [2.05, 4.69) is 10.2 Å². The molecule has 1 atom stereocenters. The van der Waals surface area contributed by atoms with Gasteiger partial charge in [0.15, 0.2) is 0 Å². The molecule has 0 amide bonds. The largest absolute Gasteiger partial charge is 0.374 e. The quantitative estimate of drug-likeness (QED) is 0.877. The predicted octanol–water partition coefficient (Wildman–Crippen LogP) is 1.78. The van der Waals surface area contributed by atoms with Crippen molar-refractivity contribution in [1.29, 1.82) is 0 Å². The Labute approximate surface area is 113 Å². The van der Waals surface area contributed by atoms with E-state index in [1.807, 2.05) is 6.07 Å². The Hall–Kier alpha value is -0.970. The van der Waals surface area contributed by atoms with Gasteiger partial charge in [0.25, 0.3) is 0 Å². The van der Waals surface area contributed by atoms with Crippen LogP contribution in [0.2, 0.25) is 0 Å². The SMILES string of the molecule is Fc1cccc(CNC[C@H]2CN(C3CC3)CCO2)c1. The van der Waals surface area contributed by atoms with Crippen LogP contribution in [-0.2, 0) is 11.3 Å². The second-order valence-corrected chi connectivity index (χ2v) is 5.48. The summed E-state index contributed by atoms with van der Waals surface area (Å²) in [6.07, 6.45) is 2.97. The van der Waals surface area contributed by atoms with Crippen LogP contribution in [0.4, 0.5) is 4.39 Å². The summed E-state index contributed by atoms with van der Waals surface area (Å²) in [6.45, 7) is 4.47. The molecule has 1 aromatic carbocycles. The third kappa shape index (κ3) is 3.75. The van der Waals surface area contributed by atoms with Gasteiger partial charge in [0.2, 0.25) is 0 Å². The molecule has 0 aromatic heterocycles. The molecule has 1 aliphatic heterocycles. The Morgan fingerprint density at radius 3 is 3.05 bits per heavy atom. The fourth-order valence-corrected chi connectivity index (χ4v) is 2.66. The van der Waals surface area contributed by atoms with Crippen molar-refractivity contribution in [2.24, 2.45) is 0 Å². The van der Waals surface area contributed by atoms with Crippen LogP contribution in [0.5, 0.6) is 0 Å². The first kappa shape index (κ1) is 13.0. The summed E-state index contributed by atoms with van der Waals surface area (Å²) < 4.78 is 18.8. The van der Waals surface area contributed by atoms with Gasteiger partial charge in [-0.05, 0) is 30.5 Å². The number of nitrogens with zero attached hydrogens (tertiary/aromatic N) is 1. The number of nitrogens with one attached hydrogen (secondary N) is 1. The van der Waals surface area contributed by atoms with Crippen molar-refractivity contribution < 1.29 is 9.13 Å². The number of benzene rings is 1. The highest BCUT2D eigenvalue weighted by atomic mass is 19.1. The molecule has 0 spiro atoms. The monoisotopic (exact) mass is 264 g/mol. The number of halogens is 1. The van der Waals surface area contributed by atoms with E-state index in [1.54, 1.807) is 12.1 Å². The molecule has 1 saturated carbocycles. The summed E-state index contributed by atoms with van der Waals surface area (Å²) in [4.78, 5) is 2.54. The predicted molar refractivity (Wildman–Crippen MR) is 72.4 cm³/mol. The maximum absolute atomic E-state index is 13.0. The van der Waals surface area contributed by atoms with Crippen molar-refractivity contribution in [3.63, 3.8) is 0 Å². The standard InChI is InChI=1S/C15H21FN2O/c16-13-3-1-2-12(8-13)9-17-10-15-11-18(6-7-19-15)14-4-5-14/h1-3,8,14-15,17H,4-7,9-11H2/t15-/m0/s1. The lowest BCUT2D eigenvalue weighted by molar-refractivity contribution is -0.0301. The maximum atomic E-state index is 13.0. The second kappa shape index (κ2) is 5.99. The first-order valence-electron chi connectivity index (χ1n) is 7.12. The molecule has 2 aliphatic rings. The molecule has 1 heterocycles. The van der Waals surface area contributed by atoms with E-state index in [0.29, 0.717) is 6.54 Å². The minimum atomic E-state index is -0.173.